The summed E-state index contributed by atoms with van der Waals surface area (Å²) in [6.45, 7) is 8.99. The molecular formula is C15H29NO. The quantitative estimate of drug-likeness (QED) is 0.812. The molecule has 1 heterocycles. The Morgan fingerprint density at radius 2 is 1.94 bits per heavy atom. The van der Waals surface area contributed by atoms with Crippen LogP contribution in [0.25, 0.3) is 0 Å². The fourth-order valence-electron chi connectivity index (χ4n) is 3.33. The molecule has 100 valence electrons. The monoisotopic (exact) mass is 239 g/mol. The summed E-state index contributed by atoms with van der Waals surface area (Å²) in [7, 11) is 0. The van der Waals surface area contributed by atoms with Crippen molar-refractivity contribution in [2.75, 3.05) is 13.2 Å². The maximum Gasteiger partial charge on any atom is 0.0779 e. The van der Waals surface area contributed by atoms with Gasteiger partial charge < -0.3 is 10.1 Å². The fraction of sp³-hybridized carbons (Fsp3) is 1.00. The summed E-state index contributed by atoms with van der Waals surface area (Å²) in [5, 5.41) is 3.74. The highest BCUT2D eigenvalue weighted by Gasteiger charge is 2.31. The van der Waals surface area contributed by atoms with Crippen LogP contribution in [0.2, 0.25) is 0 Å². The van der Waals surface area contributed by atoms with E-state index in [1.165, 1.54) is 38.5 Å². The van der Waals surface area contributed by atoms with Crippen LogP contribution in [0.4, 0.5) is 0 Å². The van der Waals surface area contributed by atoms with E-state index in [0.29, 0.717) is 0 Å². The Labute approximate surface area is 107 Å². The lowest BCUT2D eigenvalue weighted by atomic mass is 9.79. The van der Waals surface area contributed by atoms with Crippen molar-refractivity contribution >= 4 is 0 Å². The van der Waals surface area contributed by atoms with Crippen LogP contribution in [0.5, 0.6) is 0 Å². The number of ether oxygens (including phenoxy) is 1. The second kappa shape index (κ2) is 5.71. The number of nitrogens with one attached hydrogen (secondary N) is 1. The van der Waals surface area contributed by atoms with E-state index in [-0.39, 0.29) is 5.60 Å². The van der Waals surface area contributed by atoms with Gasteiger partial charge in [-0.1, -0.05) is 13.8 Å². The summed E-state index contributed by atoms with van der Waals surface area (Å²) in [6, 6.07) is 0.742. The minimum atomic E-state index is 0.120. The molecule has 0 aromatic rings. The van der Waals surface area contributed by atoms with Gasteiger partial charge in [0.1, 0.15) is 0 Å². The maximum atomic E-state index is 5.83. The van der Waals surface area contributed by atoms with Gasteiger partial charge in [-0.25, -0.2) is 0 Å². The molecule has 2 nitrogen and oxygen atoms in total. The first-order valence-electron chi connectivity index (χ1n) is 7.46. The molecule has 2 rings (SSSR count). The third-order valence-corrected chi connectivity index (χ3v) is 4.78. The van der Waals surface area contributed by atoms with Gasteiger partial charge >= 0.3 is 0 Å². The summed E-state index contributed by atoms with van der Waals surface area (Å²) < 4.78 is 5.83. The Bertz CT molecular complexity index is 225. The minimum absolute atomic E-state index is 0.120. The van der Waals surface area contributed by atoms with Crippen molar-refractivity contribution in [2.45, 2.75) is 70.9 Å². The third kappa shape index (κ3) is 3.69. The van der Waals surface area contributed by atoms with Crippen LogP contribution in [0.3, 0.4) is 0 Å². The van der Waals surface area contributed by atoms with Crippen LogP contribution in [-0.4, -0.2) is 24.8 Å². The van der Waals surface area contributed by atoms with Crippen LogP contribution in [0, 0.1) is 11.8 Å². The van der Waals surface area contributed by atoms with E-state index in [4.69, 9.17) is 4.74 Å². The summed E-state index contributed by atoms with van der Waals surface area (Å²) in [6.07, 6.45) is 8.00. The Morgan fingerprint density at radius 3 is 2.47 bits per heavy atom. The van der Waals surface area contributed by atoms with Crippen molar-refractivity contribution < 1.29 is 4.74 Å². The van der Waals surface area contributed by atoms with Gasteiger partial charge in [0.15, 0.2) is 0 Å². The number of hydrogen-bond acceptors (Lipinski definition) is 2. The van der Waals surface area contributed by atoms with Crippen molar-refractivity contribution in [3.8, 4) is 0 Å². The number of hydrogen-bond donors (Lipinski definition) is 1. The molecule has 1 unspecified atom stereocenters. The highest BCUT2D eigenvalue weighted by atomic mass is 16.5. The lowest BCUT2D eigenvalue weighted by Gasteiger charge is -2.33. The largest absolute Gasteiger partial charge is 0.374 e. The van der Waals surface area contributed by atoms with Gasteiger partial charge in [-0.3, -0.25) is 0 Å². The van der Waals surface area contributed by atoms with E-state index in [1.54, 1.807) is 0 Å². The van der Waals surface area contributed by atoms with Crippen LogP contribution in [0.15, 0.2) is 0 Å². The number of rotatable bonds is 4. The zero-order valence-electron chi connectivity index (χ0n) is 11.8. The molecule has 2 fully saturated rings. The van der Waals surface area contributed by atoms with Gasteiger partial charge in [-0.15, -0.1) is 0 Å². The zero-order valence-corrected chi connectivity index (χ0v) is 11.8. The summed E-state index contributed by atoms with van der Waals surface area (Å²) in [4.78, 5) is 0. The van der Waals surface area contributed by atoms with Gasteiger partial charge in [0, 0.05) is 19.2 Å². The normalized spacial score (nSPS) is 38.8. The van der Waals surface area contributed by atoms with E-state index in [9.17, 15) is 0 Å². The minimum Gasteiger partial charge on any atom is -0.374 e. The smallest absolute Gasteiger partial charge is 0.0779 e. The van der Waals surface area contributed by atoms with E-state index < -0.39 is 0 Å². The summed E-state index contributed by atoms with van der Waals surface area (Å²) in [5.41, 5.74) is 0.120. The molecule has 2 heteroatoms. The van der Waals surface area contributed by atoms with Gasteiger partial charge in [-0.05, 0) is 57.3 Å². The highest BCUT2D eigenvalue weighted by molar-refractivity contribution is 4.86. The molecule has 0 aromatic heterocycles. The molecule has 1 saturated heterocycles. The first kappa shape index (κ1) is 13.4. The first-order chi connectivity index (χ1) is 8.09. The van der Waals surface area contributed by atoms with Crippen LogP contribution in [0.1, 0.15) is 59.3 Å². The van der Waals surface area contributed by atoms with Crippen LogP contribution >= 0.6 is 0 Å². The van der Waals surface area contributed by atoms with E-state index in [2.05, 4.69) is 26.1 Å². The SMILES string of the molecule is CC(C)C1CCC(NCC2(C)CCCO2)CC1. The van der Waals surface area contributed by atoms with Gasteiger partial charge in [0.25, 0.3) is 0 Å². The Balaban J connectivity index is 1.68. The maximum absolute atomic E-state index is 5.83. The predicted molar refractivity (Wildman–Crippen MR) is 72.2 cm³/mol. The van der Waals surface area contributed by atoms with Crippen molar-refractivity contribution in [1.82, 2.24) is 5.32 Å². The van der Waals surface area contributed by atoms with Crippen LogP contribution < -0.4 is 5.32 Å². The van der Waals surface area contributed by atoms with Crippen LogP contribution in [-0.2, 0) is 4.74 Å². The van der Waals surface area contributed by atoms with E-state index >= 15 is 0 Å². The van der Waals surface area contributed by atoms with Gasteiger partial charge in [-0.2, -0.15) is 0 Å². The molecule has 0 aromatic carbocycles. The van der Waals surface area contributed by atoms with E-state index in [0.717, 1.165) is 31.0 Å². The molecule has 0 spiro atoms. The Morgan fingerprint density at radius 1 is 1.24 bits per heavy atom. The van der Waals surface area contributed by atoms with Crippen molar-refractivity contribution in [1.29, 1.82) is 0 Å². The first-order valence-corrected chi connectivity index (χ1v) is 7.46. The molecule has 0 radical (unpaired) electrons. The Hall–Kier alpha value is -0.0800. The molecule has 1 atom stereocenters. The molecule has 1 N–H and O–H groups in total. The summed E-state index contributed by atoms with van der Waals surface area (Å²) >= 11 is 0. The summed E-state index contributed by atoms with van der Waals surface area (Å²) in [5.74, 6) is 1.83. The molecule has 1 aliphatic carbocycles. The standard InChI is InChI=1S/C15H29NO/c1-12(2)13-5-7-14(8-6-13)16-11-15(3)9-4-10-17-15/h12-14,16H,4-11H2,1-3H3. The molecule has 1 aliphatic heterocycles. The fourth-order valence-corrected chi connectivity index (χ4v) is 3.33. The highest BCUT2D eigenvalue weighted by Crippen LogP contribution is 2.30. The zero-order chi connectivity index (χ0) is 12.3. The van der Waals surface area contributed by atoms with Crippen molar-refractivity contribution in [3.63, 3.8) is 0 Å². The van der Waals surface area contributed by atoms with E-state index in [1.807, 2.05) is 0 Å². The van der Waals surface area contributed by atoms with Gasteiger partial charge in [0.05, 0.1) is 5.60 Å². The second-order valence-corrected chi connectivity index (χ2v) is 6.64. The van der Waals surface area contributed by atoms with Crippen molar-refractivity contribution in [3.05, 3.63) is 0 Å². The van der Waals surface area contributed by atoms with Crippen molar-refractivity contribution in [2.24, 2.45) is 11.8 Å². The molecule has 17 heavy (non-hydrogen) atoms. The lowest BCUT2D eigenvalue weighted by Crippen LogP contribution is -2.43. The second-order valence-electron chi connectivity index (χ2n) is 6.64. The topological polar surface area (TPSA) is 21.3 Å². The average molecular weight is 239 g/mol. The Kier molecular flexibility index (Phi) is 4.48. The lowest BCUT2D eigenvalue weighted by molar-refractivity contribution is 0.0171. The molecule has 1 saturated carbocycles. The molecule has 0 bridgehead atoms. The van der Waals surface area contributed by atoms with Gasteiger partial charge in [0.2, 0.25) is 0 Å². The molecular weight excluding hydrogens is 210 g/mol. The molecule has 0 amide bonds. The third-order valence-electron chi connectivity index (χ3n) is 4.78. The predicted octanol–water partition coefficient (Wildman–Crippen LogP) is 3.36. The average Bonchev–Trinajstić information content (AvgIpc) is 2.75. The molecule has 2 aliphatic rings.